The Morgan fingerprint density at radius 3 is 2.50 bits per heavy atom. The van der Waals surface area contributed by atoms with E-state index in [4.69, 9.17) is 9.57 Å². The summed E-state index contributed by atoms with van der Waals surface area (Å²) >= 11 is 0. The highest BCUT2D eigenvalue weighted by atomic mass is 19.3. The maximum Gasteiger partial charge on any atom is 0.278 e. The molecule has 1 saturated carbocycles. The van der Waals surface area contributed by atoms with Crippen molar-refractivity contribution in [1.29, 1.82) is 0 Å². The van der Waals surface area contributed by atoms with Gasteiger partial charge in [0.25, 0.3) is 11.8 Å². The van der Waals surface area contributed by atoms with Crippen LogP contribution in [0.2, 0.25) is 0 Å². The number of anilines is 3. The van der Waals surface area contributed by atoms with Crippen LogP contribution in [-0.2, 0) is 9.63 Å². The molecule has 13 heteroatoms. The monoisotopic (exact) mass is 502 g/mol. The molecule has 1 aliphatic carbocycles. The Morgan fingerprint density at radius 1 is 1.14 bits per heavy atom. The number of rotatable bonds is 9. The van der Waals surface area contributed by atoms with E-state index in [0.29, 0.717) is 0 Å². The number of aromatic nitrogens is 3. The Bertz CT molecular complexity index is 1290. The van der Waals surface area contributed by atoms with E-state index in [1.807, 2.05) is 0 Å². The average molecular weight is 502 g/mol. The molecule has 1 fully saturated rings. The summed E-state index contributed by atoms with van der Waals surface area (Å²) in [6.07, 6.45) is 3.53. The molecule has 10 nitrogen and oxygen atoms in total. The van der Waals surface area contributed by atoms with E-state index in [2.05, 4.69) is 31.1 Å². The van der Waals surface area contributed by atoms with Crippen LogP contribution in [-0.4, -0.2) is 46.4 Å². The molecular weight excluding hydrogens is 481 g/mol. The van der Waals surface area contributed by atoms with Gasteiger partial charge in [0.15, 0.2) is 11.6 Å². The number of hydroxylamine groups is 1. The van der Waals surface area contributed by atoms with Crippen molar-refractivity contribution >= 4 is 29.0 Å². The molecule has 4 rings (SSSR count). The number of hydrogen-bond donors (Lipinski definition) is 3. The quantitative estimate of drug-likeness (QED) is 0.378. The van der Waals surface area contributed by atoms with Crippen LogP contribution in [0.1, 0.15) is 23.7 Å². The molecule has 2 amide bonds. The largest absolute Gasteiger partial charge is 0.494 e. The van der Waals surface area contributed by atoms with E-state index in [9.17, 15) is 22.8 Å². The molecule has 0 radical (unpaired) electrons. The molecule has 2 aromatic heterocycles. The van der Waals surface area contributed by atoms with Gasteiger partial charge in [-0.3, -0.25) is 14.4 Å². The van der Waals surface area contributed by atoms with Crippen molar-refractivity contribution < 1.29 is 32.3 Å². The number of nitrogens with one attached hydrogen (secondary N) is 3. The van der Waals surface area contributed by atoms with Crippen LogP contribution in [0.4, 0.5) is 30.4 Å². The van der Waals surface area contributed by atoms with Crippen LogP contribution >= 0.6 is 0 Å². The lowest BCUT2D eigenvalue weighted by Gasteiger charge is -2.17. The first-order chi connectivity index (χ1) is 17.2. The molecule has 0 aliphatic heterocycles. The highest BCUT2D eigenvalue weighted by Crippen LogP contribution is 2.49. The van der Waals surface area contributed by atoms with Crippen molar-refractivity contribution in [2.24, 2.45) is 5.92 Å². The zero-order valence-electron chi connectivity index (χ0n) is 19.1. The number of carbonyl (C=O) groups excluding carboxylic acids is 2. The standard InChI is InChI=1S/C23H21F3N6O4/c1-3-36-32-21(33)14-11-29-18(31-22(34)15-10-23(15,25)26)9-16(14)30-17-8-12(24)7-13(19(17)35-2)20-27-5-4-6-28-20/h4-9,11,15H,3,10H2,1-2H3,(H,32,33)(H2,29,30,31,34). The minimum atomic E-state index is -3.06. The van der Waals surface area contributed by atoms with Gasteiger partial charge in [0.2, 0.25) is 5.91 Å². The molecule has 0 spiro atoms. The highest BCUT2D eigenvalue weighted by molar-refractivity contribution is 6.01. The fourth-order valence-corrected chi connectivity index (χ4v) is 3.37. The number of ether oxygens (including phenoxy) is 1. The predicted octanol–water partition coefficient (Wildman–Crippen LogP) is 3.70. The van der Waals surface area contributed by atoms with E-state index in [0.717, 1.165) is 12.3 Å². The lowest BCUT2D eigenvalue weighted by Crippen LogP contribution is -2.25. The summed E-state index contributed by atoms with van der Waals surface area (Å²) in [5.74, 6) is -6.50. The van der Waals surface area contributed by atoms with Crippen molar-refractivity contribution in [3.8, 4) is 17.1 Å². The van der Waals surface area contributed by atoms with Crippen LogP contribution < -0.4 is 20.9 Å². The number of halogens is 3. The summed E-state index contributed by atoms with van der Waals surface area (Å²) in [5.41, 5.74) is 2.58. The van der Waals surface area contributed by atoms with Gasteiger partial charge in [0.1, 0.15) is 17.6 Å². The molecule has 188 valence electrons. The van der Waals surface area contributed by atoms with Gasteiger partial charge in [-0.15, -0.1) is 0 Å². The normalized spacial score (nSPS) is 15.6. The lowest BCUT2D eigenvalue weighted by atomic mass is 10.1. The summed E-state index contributed by atoms with van der Waals surface area (Å²) in [6.45, 7) is 1.85. The van der Waals surface area contributed by atoms with Crippen LogP contribution in [0.5, 0.6) is 5.75 Å². The third-order valence-electron chi connectivity index (χ3n) is 5.19. The smallest absolute Gasteiger partial charge is 0.278 e. The van der Waals surface area contributed by atoms with Gasteiger partial charge in [-0.2, -0.15) is 0 Å². The lowest BCUT2D eigenvalue weighted by molar-refractivity contribution is -0.119. The maximum atomic E-state index is 14.6. The third-order valence-corrected chi connectivity index (χ3v) is 5.19. The molecule has 1 aliphatic rings. The third kappa shape index (κ3) is 5.35. The first-order valence-corrected chi connectivity index (χ1v) is 10.8. The second-order valence-corrected chi connectivity index (χ2v) is 7.72. The molecule has 3 aromatic rings. The summed E-state index contributed by atoms with van der Waals surface area (Å²) in [6, 6.07) is 5.17. The van der Waals surface area contributed by atoms with Gasteiger partial charge < -0.3 is 15.4 Å². The zero-order valence-corrected chi connectivity index (χ0v) is 19.1. The Morgan fingerprint density at radius 2 is 1.86 bits per heavy atom. The molecule has 2 heterocycles. The molecular formula is C23H21F3N6O4. The van der Waals surface area contributed by atoms with Gasteiger partial charge in [-0.1, -0.05) is 0 Å². The number of methoxy groups -OCH3 is 1. The van der Waals surface area contributed by atoms with E-state index in [-0.39, 0.29) is 46.5 Å². The molecule has 1 aromatic carbocycles. The van der Waals surface area contributed by atoms with Crippen molar-refractivity contribution in [1.82, 2.24) is 20.4 Å². The SMILES string of the molecule is CCONC(=O)c1cnc(NC(=O)C2CC2(F)F)cc1Nc1cc(F)cc(-c2ncccn2)c1OC. The Kier molecular flexibility index (Phi) is 7.01. The van der Waals surface area contributed by atoms with Gasteiger partial charge in [-0.05, 0) is 19.1 Å². The molecule has 3 N–H and O–H groups in total. The number of benzene rings is 1. The molecule has 1 unspecified atom stereocenters. The number of carbonyl (C=O) groups is 2. The van der Waals surface area contributed by atoms with E-state index >= 15 is 0 Å². The molecule has 1 atom stereocenters. The van der Waals surface area contributed by atoms with Crippen LogP contribution in [0.3, 0.4) is 0 Å². The van der Waals surface area contributed by atoms with Crippen molar-refractivity contribution in [3.05, 3.63) is 54.2 Å². The topological polar surface area (TPSA) is 127 Å². The second-order valence-electron chi connectivity index (χ2n) is 7.72. The Balaban J connectivity index is 1.72. The highest BCUT2D eigenvalue weighted by Gasteiger charge is 2.61. The summed E-state index contributed by atoms with van der Waals surface area (Å²) in [5, 5.41) is 5.21. The number of hydrogen-bond acceptors (Lipinski definition) is 8. The second kappa shape index (κ2) is 10.2. The van der Waals surface area contributed by atoms with Gasteiger partial charge in [0, 0.05) is 37.1 Å². The predicted molar refractivity (Wildman–Crippen MR) is 122 cm³/mol. The van der Waals surface area contributed by atoms with Gasteiger partial charge >= 0.3 is 0 Å². The van der Waals surface area contributed by atoms with E-state index < -0.39 is 35.9 Å². The van der Waals surface area contributed by atoms with E-state index in [1.165, 1.54) is 31.6 Å². The fourth-order valence-electron chi connectivity index (χ4n) is 3.37. The van der Waals surface area contributed by atoms with E-state index in [1.54, 1.807) is 13.0 Å². The summed E-state index contributed by atoms with van der Waals surface area (Å²) in [4.78, 5) is 41.9. The Hall–Kier alpha value is -4.26. The van der Waals surface area contributed by atoms with Gasteiger partial charge in [0.05, 0.1) is 36.2 Å². The minimum Gasteiger partial charge on any atom is -0.494 e. The molecule has 0 saturated heterocycles. The zero-order chi connectivity index (χ0) is 25.9. The number of amides is 2. The summed E-state index contributed by atoms with van der Waals surface area (Å²) in [7, 11) is 1.36. The minimum absolute atomic E-state index is 0.0398. The first-order valence-electron chi connectivity index (χ1n) is 10.8. The van der Waals surface area contributed by atoms with Gasteiger partial charge in [-0.25, -0.2) is 33.6 Å². The molecule has 36 heavy (non-hydrogen) atoms. The van der Waals surface area contributed by atoms with Crippen molar-refractivity contribution in [2.75, 3.05) is 24.4 Å². The van der Waals surface area contributed by atoms with Crippen LogP contribution in [0.25, 0.3) is 11.4 Å². The summed E-state index contributed by atoms with van der Waals surface area (Å²) < 4.78 is 46.6. The maximum absolute atomic E-state index is 14.6. The number of nitrogens with zero attached hydrogens (tertiary/aromatic N) is 3. The fraction of sp³-hybridized carbons (Fsp3) is 0.261. The van der Waals surface area contributed by atoms with Crippen LogP contribution in [0, 0.1) is 11.7 Å². The average Bonchev–Trinajstić information content (AvgIpc) is 3.51. The first kappa shape index (κ1) is 24.9. The number of pyridine rings is 1. The van der Waals surface area contributed by atoms with Crippen molar-refractivity contribution in [2.45, 2.75) is 19.3 Å². The number of alkyl halides is 2. The molecule has 0 bridgehead atoms. The Labute approximate surface area is 203 Å². The van der Waals surface area contributed by atoms with Crippen molar-refractivity contribution in [3.63, 3.8) is 0 Å². The van der Waals surface area contributed by atoms with Crippen LogP contribution in [0.15, 0.2) is 42.9 Å².